The number of nitriles is 2. The van der Waals surface area contributed by atoms with E-state index in [1.807, 2.05) is 25.1 Å². The summed E-state index contributed by atoms with van der Waals surface area (Å²) in [6.07, 6.45) is 3.25. The van der Waals surface area contributed by atoms with Crippen molar-refractivity contribution in [1.29, 1.82) is 10.5 Å². The molecule has 0 radical (unpaired) electrons. The quantitative estimate of drug-likeness (QED) is 0.398. The van der Waals surface area contributed by atoms with Crippen molar-refractivity contribution in [2.75, 3.05) is 25.6 Å². The highest BCUT2D eigenvalue weighted by Gasteiger charge is 2.21. The molecule has 2 N–H and O–H groups in total. The third-order valence-electron chi connectivity index (χ3n) is 4.19. The van der Waals surface area contributed by atoms with Crippen LogP contribution in [-0.2, 0) is 10.5 Å². The molecule has 0 saturated heterocycles. The summed E-state index contributed by atoms with van der Waals surface area (Å²) in [5, 5.41) is 19.9. The van der Waals surface area contributed by atoms with Gasteiger partial charge in [-0.05, 0) is 31.2 Å². The molecular weight excluding hydrogens is 412 g/mol. The van der Waals surface area contributed by atoms with Crippen molar-refractivity contribution in [3.63, 3.8) is 0 Å². The van der Waals surface area contributed by atoms with Gasteiger partial charge in [-0.1, -0.05) is 17.8 Å². The molecule has 156 valence electrons. The van der Waals surface area contributed by atoms with E-state index in [4.69, 9.17) is 15.2 Å². The van der Waals surface area contributed by atoms with Crippen LogP contribution in [0.5, 0.6) is 5.75 Å². The molecule has 31 heavy (non-hydrogen) atoms. The summed E-state index contributed by atoms with van der Waals surface area (Å²) in [6, 6.07) is 13.3. The monoisotopic (exact) mass is 432 g/mol. The molecule has 0 atom stereocenters. The predicted octanol–water partition coefficient (Wildman–Crippen LogP) is 3.57. The summed E-state index contributed by atoms with van der Waals surface area (Å²) in [5.74, 6) is 1.12. The zero-order valence-electron chi connectivity index (χ0n) is 16.9. The zero-order valence-corrected chi connectivity index (χ0v) is 17.7. The van der Waals surface area contributed by atoms with Crippen LogP contribution < -0.4 is 10.5 Å². The number of anilines is 1. The van der Waals surface area contributed by atoms with Crippen molar-refractivity contribution >= 4 is 17.6 Å². The molecule has 0 aliphatic carbocycles. The number of aromatic nitrogens is 3. The van der Waals surface area contributed by atoms with Crippen LogP contribution in [0.1, 0.15) is 23.7 Å². The summed E-state index contributed by atoms with van der Waals surface area (Å²) < 4.78 is 10.8. The first-order valence-electron chi connectivity index (χ1n) is 9.51. The van der Waals surface area contributed by atoms with Gasteiger partial charge >= 0.3 is 0 Å². The summed E-state index contributed by atoms with van der Waals surface area (Å²) in [6.45, 7) is 3.42. The van der Waals surface area contributed by atoms with Crippen LogP contribution in [0.4, 0.5) is 5.82 Å². The van der Waals surface area contributed by atoms with Gasteiger partial charge in [0, 0.05) is 24.1 Å². The first-order valence-corrected chi connectivity index (χ1v) is 10.5. The molecule has 0 fully saturated rings. The van der Waals surface area contributed by atoms with Gasteiger partial charge in [-0.15, -0.1) is 0 Å². The molecule has 0 saturated carbocycles. The molecule has 0 aliphatic heterocycles. The van der Waals surface area contributed by atoms with Crippen molar-refractivity contribution in [2.24, 2.45) is 0 Å². The summed E-state index contributed by atoms with van der Waals surface area (Å²) in [5.41, 5.74) is 8.07. The van der Waals surface area contributed by atoms with Gasteiger partial charge in [0.15, 0.2) is 0 Å². The molecule has 0 unspecified atom stereocenters. The summed E-state index contributed by atoms with van der Waals surface area (Å²) >= 11 is 1.33. The smallest absolute Gasteiger partial charge is 0.143 e. The molecule has 0 aliphatic rings. The third-order valence-corrected chi connectivity index (χ3v) is 5.20. The van der Waals surface area contributed by atoms with Crippen molar-refractivity contribution in [1.82, 2.24) is 15.0 Å². The Hall–Kier alpha value is -3.66. The normalized spacial score (nSPS) is 10.3. The van der Waals surface area contributed by atoms with Gasteiger partial charge in [-0.25, -0.2) is 4.98 Å². The number of nitrogens with zero attached hydrogens (tertiary/aromatic N) is 5. The molecule has 3 rings (SSSR count). The molecule has 0 amide bonds. The van der Waals surface area contributed by atoms with E-state index < -0.39 is 0 Å². The highest BCUT2D eigenvalue weighted by Crippen LogP contribution is 2.36. The lowest BCUT2D eigenvalue weighted by Crippen LogP contribution is -2.07. The van der Waals surface area contributed by atoms with Crippen LogP contribution in [-0.4, -0.2) is 34.8 Å². The number of thioether (sulfide) groups is 1. The maximum atomic E-state index is 9.85. The Morgan fingerprint density at radius 3 is 2.55 bits per heavy atom. The van der Waals surface area contributed by atoms with Gasteiger partial charge in [0.2, 0.25) is 0 Å². The molecular formula is C22H20N6O2S. The second-order valence-corrected chi connectivity index (χ2v) is 7.15. The molecule has 8 nitrogen and oxygen atoms in total. The minimum absolute atomic E-state index is 0.0545. The lowest BCUT2D eigenvalue weighted by atomic mass is 10.0. The van der Waals surface area contributed by atoms with Crippen molar-refractivity contribution in [3.8, 4) is 29.1 Å². The maximum absolute atomic E-state index is 9.85. The Morgan fingerprint density at radius 1 is 1.06 bits per heavy atom. The number of nitrogen functional groups attached to an aromatic ring is 1. The van der Waals surface area contributed by atoms with E-state index in [2.05, 4.69) is 27.1 Å². The van der Waals surface area contributed by atoms with Gasteiger partial charge in [-0.2, -0.15) is 10.5 Å². The van der Waals surface area contributed by atoms with Crippen LogP contribution in [0.3, 0.4) is 0 Å². The number of rotatable bonds is 9. The molecule has 3 aromatic rings. The van der Waals surface area contributed by atoms with Crippen molar-refractivity contribution in [2.45, 2.75) is 17.7 Å². The fourth-order valence-electron chi connectivity index (χ4n) is 2.76. The van der Waals surface area contributed by atoms with E-state index in [0.29, 0.717) is 47.6 Å². The Morgan fingerprint density at radius 2 is 1.90 bits per heavy atom. The number of hydrogen-bond acceptors (Lipinski definition) is 9. The fourth-order valence-corrected chi connectivity index (χ4v) is 3.67. The lowest BCUT2D eigenvalue weighted by molar-refractivity contribution is 0.110. The maximum Gasteiger partial charge on any atom is 0.143 e. The molecule has 9 heteroatoms. The zero-order chi connectivity index (χ0) is 22.1. The number of pyridine rings is 3. The summed E-state index contributed by atoms with van der Waals surface area (Å²) in [4.78, 5) is 13.0. The van der Waals surface area contributed by atoms with E-state index in [1.165, 1.54) is 11.8 Å². The Kier molecular flexibility index (Phi) is 7.77. The SMILES string of the molecule is CCOCCOc1ccc(-c2c(C#N)c(N)nc(SCc3ccccn3)c2C#N)nc1. The molecule has 0 spiro atoms. The second kappa shape index (κ2) is 10.9. The first kappa shape index (κ1) is 22.0. The van der Waals surface area contributed by atoms with Gasteiger partial charge in [0.25, 0.3) is 0 Å². The van der Waals surface area contributed by atoms with Crippen LogP contribution in [0.15, 0.2) is 47.8 Å². The average Bonchev–Trinajstić information content (AvgIpc) is 2.81. The highest BCUT2D eigenvalue weighted by atomic mass is 32.2. The molecule has 3 aromatic heterocycles. The van der Waals surface area contributed by atoms with Crippen LogP contribution in [0.2, 0.25) is 0 Å². The second-order valence-electron chi connectivity index (χ2n) is 6.19. The van der Waals surface area contributed by atoms with E-state index in [0.717, 1.165) is 5.69 Å². The Bertz CT molecular complexity index is 1110. The minimum Gasteiger partial charge on any atom is -0.490 e. The van der Waals surface area contributed by atoms with Crippen LogP contribution in [0.25, 0.3) is 11.3 Å². The molecule has 3 heterocycles. The van der Waals surface area contributed by atoms with Crippen LogP contribution in [0, 0.1) is 22.7 Å². The predicted molar refractivity (Wildman–Crippen MR) is 117 cm³/mol. The lowest BCUT2D eigenvalue weighted by Gasteiger charge is -2.13. The van der Waals surface area contributed by atoms with Gasteiger partial charge in [-0.3, -0.25) is 9.97 Å². The van der Waals surface area contributed by atoms with Crippen molar-refractivity contribution < 1.29 is 9.47 Å². The third kappa shape index (κ3) is 5.48. The Balaban J connectivity index is 1.92. The van der Waals surface area contributed by atoms with E-state index in [9.17, 15) is 10.5 Å². The van der Waals surface area contributed by atoms with E-state index >= 15 is 0 Å². The Labute approximate surface area is 184 Å². The largest absolute Gasteiger partial charge is 0.490 e. The van der Waals surface area contributed by atoms with Gasteiger partial charge < -0.3 is 15.2 Å². The average molecular weight is 433 g/mol. The van der Waals surface area contributed by atoms with Crippen LogP contribution >= 0.6 is 11.8 Å². The number of hydrogen-bond donors (Lipinski definition) is 1. The van der Waals surface area contributed by atoms with E-state index in [1.54, 1.807) is 24.5 Å². The van der Waals surface area contributed by atoms with Gasteiger partial charge in [0.05, 0.1) is 29.8 Å². The fraction of sp³-hybridized carbons (Fsp3) is 0.227. The highest BCUT2D eigenvalue weighted by molar-refractivity contribution is 7.98. The number of ether oxygens (including phenoxy) is 2. The van der Waals surface area contributed by atoms with E-state index in [-0.39, 0.29) is 16.9 Å². The minimum atomic E-state index is 0.0545. The topological polar surface area (TPSA) is 131 Å². The van der Waals surface area contributed by atoms with Gasteiger partial charge in [0.1, 0.15) is 40.9 Å². The molecule has 0 bridgehead atoms. The molecule has 0 aromatic carbocycles. The first-order chi connectivity index (χ1) is 15.2. The standard InChI is InChI=1S/C22H20N6O2S/c1-2-29-9-10-30-16-6-7-19(27-13-16)20-17(11-23)21(25)28-22(18(20)12-24)31-14-15-5-3-4-8-26-15/h3-8,13H,2,9-10,14H2,1H3,(H2,25,28). The van der Waals surface area contributed by atoms with Crippen molar-refractivity contribution in [3.05, 3.63) is 59.5 Å². The number of nitrogens with two attached hydrogens (primary N) is 1. The summed E-state index contributed by atoms with van der Waals surface area (Å²) in [7, 11) is 0.